The van der Waals surface area contributed by atoms with Crippen molar-refractivity contribution >= 4 is 40.1 Å². The van der Waals surface area contributed by atoms with E-state index in [2.05, 4.69) is 9.48 Å². The van der Waals surface area contributed by atoms with Crippen LogP contribution < -0.4 is 4.90 Å². The molecule has 2 heterocycles. The van der Waals surface area contributed by atoms with Crippen LogP contribution >= 0.6 is 28.6 Å². The third-order valence-corrected chi connectivity index (χ3v) is 5.31. The summed E-state index contributed by atoms with van der Waals surface area (Å²) in [6.45, 7) is 1.61. The Bertz CT molecular complexity index is 763. The maximum atomic E-state index is 11.7. The van der Waals surface area contributed by atoms with Gasteiger partial charge in [0.1, 0.15) is 5.69 Å². The topological polar surface area (TPSA) is 26.5 Å². The van der Waals surface area contributed by atoms with Gasteiger partial charge in [-0.15, -0.1) is 17.0 Å². The maximum absolute atomic E-state index is 11.7. The number of amidine groups is 1. The van der Waals surface area contributed by atoms with Crippen LogP contribution in [0.25, 0.3) is 0 Å². The predicted octanol–water partition coefficient (Wildman–Crippen LogP) is 4.57. The number of nitrogens with zero attached hydrogens (tertiary/aromatic N) is 2. The van der Waals surface area contributed by atoms with Gasteiger partial charge in [-0.2, -0.15) is 4.90 Å². The molecule has 0 aromatic heterocycles. The molecule has 1 N–H and O–H groups in total. The van der Waals surface area contributed by atoms with Crippen LogP contribution in [0.15, 0.2) is 54.6 Å². The molecule has 0 bridgehead atoms. The normalized spacial score (nSPS) is 23.0. The van der Waals surface area contributed by atoms with E-state index in [9.17, 15) is 5.11 Å². The largest absolute Gasteiger partial charge is 0.346 e. The highest BCUT2D eigenvalue weighted by Crippen LogP contribution is 2.37. The lowest BCUT2D eigenvalue weighted by molar-refractivity contribution is -0.534. The van der Waals surface area contributed by atoms with E-state index in [1.807, 2.05) is 54.6 Å². The molecule has 5 heteroatoms. The van der Waals surface area contributed by atoms with Crippen LogP contribution in [0.1, 0.15) is 31.2 Å². The highest BCUT2D eigenvalue weighted by atomic mass is 79.9. The summed E-state index contributed by atoms with van der Waals surface area (Å²) < 4.78 is 2.36. The van der Waals surface area contributed by atoms with Crippen molar-refractivity contribution in [3.8, 4) is 0 Å². The van der Waals surface area contributed by atoms with E-state index in [0.29, 0.717) is 11.6 Å². The lowest BCUT2D eigenvalue weighted by Crippen LogP contribution is -2.47. The molecular formula is C20H23BrClN2O+. The van der Waals surface area contributed by atoms with E-state index in [1.165, 1.54) is 25.1 Å². The van der Waals surface area contributed by atoms with Crippen molar-refractivity contribution in [3.63, 3.8) is 0 Å². The number of rotatable bonds is 2. The number of aliphatic hydroxyl groups is 1. The minimum Gasteiger partial charge on any atom is -0.346 e. The number of anilines is 1. The van der Waals surface area contributed by atoms with E-state index in [4.69, 9.17) is 11.6 Å². The van der Waals surface area contributed by atoms with E-state index in [-0.39, 0.29) is 17.0 Å². The van der Waals surface area contributed by atoms with Gasteiger partial charge in [-0.05, 0) is 43.5 Å². The predicted molar refractivity (Wildman–Crippen MR) is 108 cm³/mol. The first-order valence-electron chi connectivity index (χ1n) is 8.63. The lowest BCUT2D eigenvalue weighted by atomic mass is 10.00. The van der Waals surface area contributed by atoms with Crippen LogP contribution in [0.2, 0.25) is 5.02 Å². The molecule has 0 saturated carbocycles. The standard InChI is InChI=1S/C20H22ClN2O.BrH/c21-17-10-12-18(13-11-17)23-19-9-5-2-6-14-22(19)15-20(23,24)16-7-3-1-4-8-16;/h1,3-4,7-8,10-13,24H,2,5-6,9,14-15H2;1H/q+1;. The van der Waals surface area contributed by atoms with Crippen LogP contribution in [0, 0.1) is 0 Å². The van der Waals surface area contributed by atoms with Gasteiger partial charge in [0.25, 0.3) is 11.6 Å². The number of hydrogen-bond donors (Lipinski definition) is 1. The van der Waals surface area contributed by atoms with Gasteiger partial charge in [-0.1, -0.05) is 41.9 Å². The summed E-state index contributed by atoms with van der Waals surface area (Å²) in [5, 5.41) is 12.4. The average molecular weight is 423 g/mol. The Morgan fingerprint density at radius 1 is 0.960 bits per heavy atom. The molecule has 4 rings (SSSR count). The molecule has 25 heavy (non-hydrogen) atoms. The number of benzene rings is 2. The molecule has 0 fully saturated rings. The summed E-state index contributed by atoms with van der Waals surface area (Å²) >= 11 is 6.07. The minimum absolute atomic E-state index is 0. The Morgan fingerprint density at radius 3 is 2.40 bits per heavy atom. The Morgan fingerprint density at radius 2 is 1.68 bits per heavy atom. The molecule has 0 aliphatic carbocycles. The zero-order valence-corrected chi connectivity index (χ0v) is 16.5. The molecule has 2 aromatic carbocycles. The van der Waals surface area contributed by atoms with Crippen LogP contribution in [-0.4, -0.2) is 28.6 Å². The minimum atomic E-state index is -1.04. The van der Waals surface area contributed by atoms with Crippen LogP contribution in [0.3, 0.4) is 0 Å². The van der Waals surface area contributed by atoms with Gasteiger partial charge in [0.05, 0.1) is 6.54 Å². The molecule has 2 aromatic rings. The SMILES string of the molecule is Br.OC1(c2ccccc2)C[N+]2=C(CCCCC2)N1c1ccc(Cl)cc1. The van der Waals surface area contributed by atoms with Gasteiger partial charge in [0, 0.05) is 17.0 Å². The first-order chi connectivity index (χ1) is 11.7. The molecule has 132 valence electrons. The third kappa shape index (κ3) is 3.35. The highest BCUT2D eigenvalue weighted by molar-refractivity contribution is 8.93. The molecule has 1 atom stereocenters. The summed E-state index contributed by atoms with van der Waals surface area (Å²) in [6, 6.07) is 17.8. The Balaban J connectivity index is 0.00000182. The van der Waals surface area contributed by atoms with Crippen molar-refractivity contribution in [1.29, 1.82) is 0 Å². The van der Waals surface area contributed by atoms with Crippen molar-refractivity contribution < 1.29 is 9.68 Å². The van der Waals surface area contributed by atoms with Crippen molar-refractivity contribution in [2.45, 2.75) is 31.4 Å². The molecule has 0 amide bonds. The lowest BCUT2D eigenvalue weighted by Gasteiger charge is -2.29. The quantitative estimate of drug-likeness (QED) is 0.718. The van der Waals surface area contributed by atoms with Gasteiger partial charge < -0.3 is 5.11 Å². The fraction of sp³-hybridized carbons (Fsp3) is 0.350. The Kier molecular flexibility index (Phi) is 5.52. The second kappa shape index (κ2) is 7.48. The number of hydrogen-bond acceptors (Lipinski definition) is 2. The van der Waals surface area contributed by atoms with Gasteiger partial charge in [0.2, 0.25) is 0 Å². The smallest absolute Gasteiger partial charge is 0.275 e. The van der Waals surface area contributed by atoms with E-state index in [1.54, 1.807) is 0 Å². The molecule has 0 spiro atoms. The molecule has 0 saturated heterocycles. The molecular weight excluding hydrogens is 400 g/mol. The van der Waals surface area contributed by atoms with Crippen LogP contribution in [0.4, 0.5) is 5.69 Å². The molecule has 0 radical (unpaired) electrons. The van der Waals surface area contributed by atoms with Crippen LogP contribution in [0.5, 0.6) is 0 Å². The van der Waals surface area contributed by atoms with Crippen LogP contribution in [-0.2, 0) is 5.72 Å². The van der Waals surface area contributed by atoms with Crippen molar-refractivity contribution in [1.82, 2.24) is 0 Å². The zero-order valence-electron chi connectivity index (χ0n) is 14.1. The third-order valence-electron chi connectivity index (χ3n) is 5.05. The van der Waals surface area contributed by atoms with Crippen molar-refractivity contribution in [2.75, 3.05) is 18.0 Å². The summed E-state index contributed by atoms with van der Waals surface area (Å²) in [4.78, 5) is 2.12. The van der Waals surface area contributed by atoms with Gasteiger partial charge in [-0.3, -0.25) is 4.58 Å². The Hall–Kier alpha value is -1.36. The molecule has 1 unspecified atom stereocenters. The maximum Gasteiger partial charge on any atom is 0.275 e. The monoisotopic (exact) mass is 421 g/mol. The molecule has 2 aliphatic rings. The second-order valence-electron chi connectivity index (χ2n) is 6.64. The van der Waals surface area contributed by atoms with E-state index < -0.39 is 5.72 Å². The fourth-order valence-electron chi connectivity index (χ4n) is 3.90. The molecule has 2 aliphatic heterocycles. The Labute approximate surface area is 164 Å². The summed E-state index contributed by atoms with van der Waals surface area (Å²) in [7, 11) is 0. The second-order valence-corrected chi connectivity index (χ2v) is 7.08. The first kappa shape index (κ1) is 18.4. The highest BCUT2D eigenvalue weighted by Gasteiger charge is 2.53. The summed E-state index contributed by atoms with van der Waals surface area (Å²) in [5.41, 5.74) is 0.882. The first-order valence-corrected chi connectivity index (χ1v) is 9.01. The summed E-state index contributed by atoms with van der Waals surface area (Å²) in [6.07, 6.45) is 4.60. The van der Waals surface area contributed by atoms with Gasteiger partial charge in [-0.25, -0.2) is 0 Å². The number of halogens is 2. The van der Waals surface area contributed by atoms with E-state index >= 15 is 0 Å². The average Bonchev–Trinajstić information content (AvgIpc) is 2.74. The zero-order chi connectivity index (χ0) is 16.6. The van der Waals surface area contributed by atoms with Gasteiger partial charge >= 0.3 is 0 Å². The van der Waals surface area contributed by atoms with E-state index in [0.717, 1.165) is 24.2 Å². The van der Waals surface area contributed by atoms with Crippen molar-refractivity contribution in [2.24, 2.45) is 0 Å². The molecule has 3 nitrogen and oxygen atoms in total. The van der Waals surface area contributed by atoms with Crippen molar-refractivity contribution in [3.05, 3.63) is 65.2 Å². The summed E-state index contributed by atoms with van der Waals surface area (Å²) in [5.74, 6) is 1.22. The fourth-order valence-corrected chi connectivity index (χ4v) is 4.03. The van der Waals surface area contributed by atoms with Gasteiger partial charge in [0.15, 0.2) is 6.54 Å².